The van der Waals surface area contributed by atoms with Gasteiger partial charge in [-0.25, -0.2) is 0 Å². The predicted octanol–water partition coefficient (Wildman–Crippen LogP) is 0.0573. The summed E-state index contributed by atoms with van der Waals surface area (Å²) in [7, 11) is 6.15. The minimum absolute atomic E-state index is 0.111. The molecular formula is C3H5NO. The quantitative estimate of drug-likeness (QED) is 0.442. The lowest BCUT2D eigenvalue weighted by Crippen LogP contribution is -2.06. The maximum Gasteiger partial charge on any atom is 0.120 e. The van der Waals surface area contributed by atoms with E-state index < -0.39 is 0 Å². The van der Waals surface area contributed by atoms with Crippen molar-refractivity contribution in [2.45, 2.75) is 0 Å². The van der Waals surface area contributed by atoms with E-state index in [2.05, 4.69) is 6.92 Å². The standard InChI is InChI=1S/C3H5NO/c1-3-4(2)5/h5H,1,3H2. The van der Waals surface area contributed by atoms with Crippen LogP contribution in [-0.2, 0) is 0 Å². The molecule has 0 aromatic rings. The van der Waals surface area contributed by atoms with Crippen molar-refractivity contribution in [3.63, 3.8) is 0 Å². The molecule has 0 bridgehead atoms. The maximum atomic E-state index is 7.80. The Hall–Kier alpha value is -0.0800. The van der Waals surface area contributed by atoms with Crippen molar-refractivity contribution in [2.24, 2.45) is 0 Å². The number of hydrogen-bond acceptors (Lipinski definition) is 2. The van der Waals surface area contributed by atoms with Crippen LogP contribution >= 0.6 is 0 Å². The Labute approximate surface area is 32.0 Å². The summed E-state index contributed by atoms with van der Waals surface area (Å²) in [4.78, 5) is 0. The molecule has 2 nitrogen and oxygen atoms in total. The second kappa shape index (κ2) is 2.18. The van der Waals surface area contributed by atoms with E-state index in [1.165, 1.54) is 0 Å². The summed E-state index contributed by atoms with van der Waals surface area (Å²) in [5, 5.41) is 8.06. The van der Waals surface area contributed by atoms with Gasteiger partial charge >= 0.3 is 0 Å². The van der Waals surface area contributed by atoms with Crippen molar-refractivity contribution < 1.29 is 5.21 Å². The predicted molar refractivity (Wildman–Crippen MR) is 17.1 cm³/mol. The van der Waals surface area contributed by atoms with E-state index in [9.17, 15) is 0 Å². The third-order valence-electron chi connectivity index (χ3n) is 0.212. The third-order valence-corrected chi connectivity index (χ3v) is 0.212. The van der Waals surface area contributed by atoms with Gasteiger partial charge in [0.1, 0.15) is 7.05 Å². The Bertz CT molecular complexity index is 20.9. The molecule has 0 atom stereocenters. The Kier molecular flexibility index (Phi) is 2.14. The maximum absolute atomic E-state index is 7.80. The van der Waals surface area contributed by atoms with Crippen molar-refractivity contribution >= 4 is 0 Å². The SMILES string of the molecule is [C]N(O)C[CH2]. The Morgan fingerprint density at radius 3 is 2.20 bits per heavy atom. The van der Waals surface area contributed by atoms with E-state index in [1.807, 2.05) is 0 Å². The van der Waals surface area contributed by atoms with Gasteiger partial charge in [0.05, 0.1) is 0 Å². The zero-order valence-electron chi connectivity index (χ0n) is 2.81. The van der Waals surface area contributed by atoms with Crippen LogP contribution in [0.2, 0.25) is 0 Å². The molecule has 2 heteroatoms. The second-order valence-corrected chi connectivity index (χ2v) is 0.623. The molecule has 0 aromatic heterocycles. The first-order valence-electron chi connectivity index (χ1n) is 1.24. The lowest BCUT2D eigenvalue weighted by Gasteiger charge is -1.95. The normalized spacial score (nSPS) is 9.60. The second-order valence-electron chi connectivity index (χ2n) is 0.623. The summed E-state index contributed by atoms with van der Waals surface area (Å²) in [5.74, 6) is 0. The minimum atomic E-state index is 0.111. The van der Waals surface area contributed by atoms with Gasteiger partial charge in [-0.15, -0.1) is 0 Å². The number of rotatable bonds is 1. The van der Waals surface area contributed by atoms with Crippen LogP contribution in [0.3, 0.4) is 0 Å². The van der Waals surface area contributed by atoms with Crippen molar-refractivity contribution in [3.05, 3.63) is 14.0 Å². The minimum Gasteiger partial charge on any atom is -0.313 e. The summed E-state index contributed by atoms with van der Waals surface area (Å²) < 4.78 is 0. The molecule has 0 amide bonds. The van der Waals surface area contributed by atoms with Crippen molar-refractivity contribution in [1.82, 2.24) is 5.06 Å². The molecule has 0 fully saturated rings. The highest BCUT2D eigenvalue weighted by Crippen LogP contribution is 1.65. The number of nitrogens with zero attached hydrogens (tertiary/aromatic N) is 1. The zero-order chi connectivity index (χ0) is 4.28. The third kappa shape index (κ3) is 3.92. The number of hydrogen-bond donors (Lipinski definition) is 1. The zero-order valence-corrected chi connectivity index (χ0v) is 2.81. The molecule has 5 heavy (non-hydrogen) atoms. The lowest BCUT2D eigenvalue weighted by molar-refractivity contribution is -0.0336. The summed E-state index contributed by atoms with van der Waals surface area (Å²) in [6.07, 6.45) is 0. The van der Waals surface area contributed by atoms with Gasteiger partial charge in [-0.2, -0.15) is 5.06 Å². The molecular weight excluding hydrogens is 66.0 g/mol. The van der Waals surface area contributed by atoms with Gasteiger partial charge in [-0.1, -0.05) is 0 Å². The molecule has 0 rings (SSSR count). The van der Waals surface area contributed by atoms with Crippen LogP contribution in [0.15, 0.2) is 0 Å². The molecule has 0 aliphatic carbocycles. The van der Waals surface area contributed by atoms with E-state index in [1.54, 1.807) is 0 Å². The van der Waals surface area contributed by atoms with Crippen LogP contribution < -0.4 is 0 Å². The molecule has 4 radical (unpaired) electrons. The number of hydroxylamine groups is 2. The first kappa shape index (κ1) is 4.92. The lowest BCUT2D eigenvalue weighted by atomic mass is 10.8. The van der Waals surface area contributed by atoms with Crippen LogP contribution in [0.4, 0.5) is 0 Å². The summed E-state index contributed by atoms with van der Waals surface area (Å²) in [5.41, 5.74) is 0. The summed E-state index contributed by atoms with van der Waals surface area (Å²) in [6, 6.07) is 0. The van der Waals surface area contributed by atoms with Crippen LogP contribution in [0, 0.1) is 14.0 Å². The fourth-order valence-electron chi connectivity index (χ4n) is 0. The highest BCUT2D eigenvalue weighted by molar-refractivity contribution is 4.37. The first-order chi connectivity index (χ1) is 2.27. The Morgan fingerprint density at radius 1 is 2.00 bits per heavy atom. The summed E-state index contributed by atoms with van der Waals surface area (Å²) >= 11 is 0. The fraction of sp³-hybridized carbons (Fsp3) is 0.333. The monoisotopic (exact) mass is 71.0 g/mol. The highest BCUT2D eigenvalue weighted by Gasteiger charge is 1.76. The average Bonchev–Trinajstić information content (AvgIpc) is 1.38. The molecule has 0 unspecified atom stereocenters. The largest absolute Gasteiger partial charge is 0.313 e. The van der Waals surface area contributed by atoms with Crippen LogP contribution in [0.5, 0.6) is 0 Å². The van der Waals surface area contributed by atoms with Crippen molar-refractivity contribution in [3.8, 4) is 0 Å². The smallest absolute Gasteiger partial charge is 0.120 e. The molecule has 0 aliphatic rings. The topological polar surface area (TPSA) is 23.5 Å². The molecule has 0 saturated heterocycles. The molecule has 0 heterocycles. The highest BCUT2D eigenvalue weighted by atomic mass is 16.5. The molecule has 28 valence electrons. The Balaban J connectivity index is 2.54. The van der Waals surface area contributed by atoms with Gasteiger partial charge in [-0.05, 0) is 6.92 Å². The average molecular weight is 71.1 g/mol. The van der Waals surface area contributed by atoms with E-state index >= 15 is 0 Å². The molecule has 0 aromatic carbocycles. The summed E-state index contributed by atoms with van der Waals surface area (Å²) in [6.45, 7) is 3.28. The van der Waals surface area contributed by atoms with Crippen LogP contribution in [0.25, 0.3) is 0 Å². The van der Waals surface area contributed by atoms with Gasteiger partial charge < -0.3 is 5.21 Å². The van der Waals surface area contributed by atoms with E-state index in [-0.39, 0.29) is 11.6 Å². The van der Waals surface area contributed by atoms with Crippen molar-refractivity contribution in [2.75, 3.05) is 6.54 Å². The fourth-order valence-corrected chi connectivity index (χ4v) is 0. The molecule has 0 aliphatic heterocycles. The van der Waals surface area contributed by atoms with Gasteiger partial charge in [0.2, 0.25) is 0 Å². The van der Waals surface area contributed by atoms with Gasteiger partial charge in [0.15, 0.2) is 0 Å². The van der Waals surface area contributed by atoms with E-state index in [4.69, 9.17) is 12.3 Å². The molecule has 1 N–H and O–H groups in total. The molecule has 0 spiro atoms. The van der Waals surface area contributed by atoms with Gasteiger partial charge in [-0.3, -0.25) is 0 Å². The van der Waals surface area contributed by atoms with E-state index in [0.717, 1.165) is 0 Å². The van der Waals surface area contributed by atoms with Gasteiger partial charge in [0.25, 0.3) is 0 Å². The first-order valence-corrected chi connectivity index (χ1v) is 1.24. The van der Waals surface area contributed by atoms with Crippen LogP contribution in [-0.4, -0.2) is 16.8 Å². The van der Waals surface area contributed by atoms with Crippen molar-refractivity contribution in [1.29, 1.82) is 0 Å². The van der Waals surface area contributed by atoms with E-state index in [0.29, 0.717) is 0 Å². The van der Waals surface area contributed by atoms with Crippen LogP contribution in [0.1, 0.15) is 0 Å². The Morgan fingerprint density at radius 2 is 2.20 bits per heavy atom. The van der Waals surface area contributed by atoms with Gasteiger partial charge in [0, 0.05) is 6.54 Å². The molecule has 0 saturated carbocycles.